The SMILES string of the molecule is CC(N(C)C)N1C(=O)c2ccccc2N(C)c2ccccc21. The number of hydrogen-bond donors (Lipinski definition) is 0. The lowest BCUT2D eigenvalue weighted by Gasteiger charge is -2.33. The summed E-state index contributed by atoms with van der Waals surface area (Å²) in [5.41, 5.74) is 3.64. The maximum Gasteiger partial charge on any atom is 0.261 e. The van der Waals surface area contributed by atoms with E-state index in [4.69, 9.17) is 0 Å². The lowest BCUT2D eigenvalue weighted by Crippen LogP contribution is -2.46. The normalized spacial score (nSPS) is 15.4. The van der Waals surface area contributed by atoms with E-state index in [-0.39, 0.29) is 12.1 Å². The van der Waals surface area contributed by atoms with Crippen LogP contribution in [-0.4, -0.2) is 38.1 Å². The van der Waals surface area contributed by atoms with E-state index in [1.54, 1.807) is 0 Å². The van der Waals surface area contributed by atoms with Gasteiger partial charge < -0.3 is 4.90 Å². The van der Waals surface area contributed by atoms with E-state index < -0.39 is 0 Å². The molecule has 0 N–H and O–H groups in total. The van der Waals surface area contributed by atoms with Gasteiger partial charge in [-0.2, -0.15) is 0 Å². The summed E-state index contributed by atoms with van der Waals surface area (Å²) >= 11 is 0. The van der Waals surface area contributed by atoms with Gasteiger partial charge in [0.25, 0.3) is 5.91 Å². The van der Waals surface area contributed by atoms with Crippen molar-refractivity contribution in [3.05, 3.63) is 54.1 Å². The molecule has 0 saturated heterocycles. The van der Waals surface area contributed by atoms with Crippen LogP contribution in [0.25, 0.3) is 0 Å². The number of carbonyl (C=O) groups is 1. The summed E-state index contributed by atoms with van der Waals surface area (Å²) in [5, 5.41) is 0. The van der Waals surface area contributed by atoms with Crippen molar-refractivity contribution < 1.29 is 4.79 Å². The van der Waals surface area contributed by atoms with Gasteiger partial charge in [0, 0.05) is 7.05 Å². The second-order valence-electron chi connectivity index (χ2n) is 5.84. The van der Waals surface area contributed by atoms with Crippen molar-refractivity contribution >= 4 is 23.0 Å². The van der Waals surface area contributed by atoms with Crippen LogP contribution >= 0.6 is 0 Å². The Morgan fingerprint density at radius 1 is 0.909 bits per heavy atom. The summed E-state index contributed by atoms with van der Waals surface area (Å²) in [6, 6.07) is 15.8. The Balaban J connectivity index is 2.27. The lowest BCUT2D eigenvalue weighted by molar-refractivity contribution is 0.0955. The Bertz CT molecular complexity index is 711. The molecule has 1 atom stereocenters. The first-order chi connectivity index (χ1) is 10.5. The monoisotopic (exact) mass is 295 g/mol. The number of amides is 1. The fourth-order valence-corrected chi connectivity index (χ4v) is 2.87. The van der Waals surface area contributed by atoms with E-state index in [0.29, 0.717) is 0 Å². The number of rotatable bonds is 2. The fourth-order valence-electron chi connectivity index (χ4n) is 2.87. The largest absolute Gasteiger partial charge is 0.342 e. The molecule has 0 fully saturated rings. The number of benzene rings is 2. The third kappa shape index (κ3) is 2.16. The molecule has 1 aliphatic heterocycles. The average Bonchev–Trinajstić information content (AvgIpc) is 2.62. The zero-order chi connectivity index (χ0) is 15.9. The van der Waals surface area contributed by atoms with Gasteiger partial charge >= 0.3 is 0 Å². The van der Waals surface area contributed by atoms with Crippen LogP contribution in [0.1, 0.15) is 17.3 Å². The highest BCUT2D eigenvalue weighted by atomic mass is 16.2. The number of hydrogen-bond acceptors (Lipinski definition) is 3. The summed E-state index contributed by atoms with van der Waals surface area (Å²) < 4.78 is 0. The van der Waals surface area contributed by atoms with Gasteiger partial charge in [-0.15, -0.1) is 0 Å². The molecule has 22 heavy (non-hydrogen) atoms. The first-order valence-corrected chi connectivity index (χ1v) is 7.44. The number of carbonyl (C=O) groups excluding carboxylic acids is 1. The van der Waals surface area contributed by atoms with Crippen LogP contribution in [0, 0.1) is 0 Å². The van der Waals surface area contributed by atoms with Crippen molar-refractivity contribution in [3.63, 3.8) is 0 Å². The molecule has 1 aliphatic rings. The van der Waals surface area contributed by atoms with Crippen molar-refractivity contribution in [3.8, 4) is 0 Å². The molecule has 0 saturated carbocycles. The molecule has 4 nitrogen and oxygen atoms in total. The smallest absolute Gasteiger partial charge is 0.261 e. The highest BCUT2D eigenvalue weighted by Crippen LogP contribution is 2.40. The van der Waals surface area contributed by atoms with Crippen molar-refractivity contribution in [1.82, 2.24) is 4.90 Å². The quantitative estimate of drug-likeness (QED) is 0.850. The number of fused-ring (bicyclic) bond motifs is 2. The summed E-state index contributed by atoms with van der Waals surface area (Å²) in [6.45, 7) is 2.04. The minimum absolute atomic E-state index is 0.0341. The molecule has 4 heteroatoms. The van der Waals surface area contributed by atoms with Gasteiger partial charge in [-0.3, -0.25) is 14.6 Å². The molecular formula is C18H21N3O. The van der Waals surface area contributed by atoms with Gasteiger partial charge in [0.05, 0.1) is 28.8 Å². The molecule has 1 unspecified atom stereocenters. The van der Waals surface area contributed by atoms with E-state index in [0.717, 1.165) is 22.6 Å². The molecule has 3 rings (SSSR count). The topological polar surface area (TPSA) is 26.8 Å². The van der Waals surface area contributed by atoms with E-state index in [9.17, 15) is 4.79 Å². The van der Waals surface area contributed by atoms with E-state index in [1.807, 2.05) is 80.3 Å². The summed E-state index contributed by atoms with van der Waals surface area (Å²) in [5.74, 6) is 0.0357. The van der Waals surface area contributed by atoms with Crippen molar-refractivity contribution in [2.24, 2.45) is 0 Å². The van der Waals surface area contributed by atoms with Gasteiger partial charge in [-0.1, -0.05) is 24.3 Å². The lowest BCUT2D eigenvalue weighted by atomic mass is 10.1. The van der Waals surface area contributed by atoms with Crippen LogP contribution < -0.4 is 9.80 Å². The van der Waals surface area contributed by atoms with Crippen molar-refractivity contribution in [2.75, 3.05) is 30.9 Å². The molecule has 2 aromatic rings. The minimum atomic E-state index is -0.0341. The molecule has 0 aromatic heterocycles. The molecular weight excluding hydrogens is 274 g/mol. The predicted octanol–water partition coefficient (Wildman–Crippen LogP) is 3.32. The Morgan fingerprint density at radius 2 is 1.45 bits per heavy atom. The second-order valence-corrected chi connectivity index (χ2v) is 5.84. The first kappa shape index (κ1) is 14.6. The first-order valence-electron chi connectivity index (χ1n) is 7.44. The molecule has 1 amide bonds. The van der Waals surface area contributed by atoms with Crippen LogP contribution in [0.15, 0.2) is 48.5 Å². The zero-order valence-corrected chi connectivity index (χ0v) is 13.4. The Kier molecular flexibility index (Phi) is 3.62. The van der Waals surface area contributed by atoms with Crippen LogP contribution in [-0.2, 0) is 0 Å². The van der Waals surface area contributed by atoms with Crippen molar-refractivity contribution in [1.29, 1.82) is 0 Å². The predicted molar refractivity (Wildman–Crippen MR) is 90.9 cm³/mol. The third-order valence-electron chi connectivity index (χ3n) is 4.34. The van der Waals surface area contributed by atoms with Crippen LogP contribution in [0.3, 0.4) is 0 Å². The van der Waals surface area contributed by atoms with Gasteiger partial charge in [0.1, 0.15) is 0 Å². The van der Waals surface area contributed by atoms with Gasteiger partial charge in [-0.05, 0) is 45.3 Å². The maximum absolute atomic E-state index is 13.2. The summed E-state index contributed by atoms with van der Waals surface area (Å²) in [6.07, 6.45) is -0.0341. The second kappa shape index (κ2) is 5.46. The summed E-state index contributed by atoms with van der Waals surface area (Å²) in [4.78, 5) is 19.2. The molecule has 0 bridgehead atoms. The van der Waals surface area contributed by atoms with Gasteiger partial charge in [0.15, 0.2) is 0 Å². The number of nitrogens with zero attached hydrogens (tertiary/aromatic N) is 3. The fraction of sp³-hybridized carbons (Fsp3) is 0.278. The van der Waals surface area contributed by atoms with Crippen molar-refractivity contribution in [2.45, 2.75) is 13.1 Å². The Hall–Kier alpha value is -2.33. The molecule has 0 spiro atoms. The Labute approximate surface area is 131 Å². The van der Waals surface area contributed by atoms with Gasteiger partial charge in [0.2, 0.25) is 0 Å². The standard InChI is InChI=1S/C18H21N3O/c1-13(19(2)3)21-17-12-8-7-11-16(17)20(4)15-10-6-5-9-14(15)18(21)22/h5-13H,1-4H3. The third-order valence-corrected chi connectivity index (χ3v) is 4.34. The maximum atomic E-state index is 13.2. The van der Waals surface area contributed by atoms with E-state index in [1.165, 1.54) is 0 Å². The van der Waals surface area contributed by atoms with E-state index >= 15 is 0 Å². The van der Waals surface area contributed by atoms with E-state index in [2.05, 4.69) is 11.0 Å². The Morgan fingerprint density at radius 3 is 2.09 bits per heavy atom. The zero-order valence-electron chi connectivity index (χ0n) is 13.4. The van der Waals surface area contributed by atoms with Crippen LogP contribution in [0.2, 0.25) is 0 Å². The van der Waals surface area contributed by atoms with Crippen LogP contribution in [0.4, 0.5) is 17.1 Å². The average molecular weight is 295 g/mol. The van der Waals surface area contributed by atoms with Crippen LogP contribution in [0.5, 0.6) is 0 Å². The summed E-state index contributed by atoms with van der Waals surface area (Å²) in [7, 11) is 5.98. The molecule has 2 aromatic carbocycles. The highest BCUT2D eigenvalue weighted by Gasteiger charge is 2.32. The molecule has 1 heterocycles. The molecule has 0 radical (unpaired) electrons. The number of para-hydroxylation sites is 3. The minimum Gasteiger partial charge on any atom is -0.342 e. The molecule has 0 aliphatic carbocycles. The highest BCUT2D eigenvalue weighted by molar-refractivity contribution is 6.14. The number of anilines is 3. The molecule has 114 valence electrons. The van der Waals surface area contributed by atoms with Gasteiger partial charge in [-0.25, -0.2) is 0 Å².